The summed E-state index contributed by atoms with van der Waals surface area (Å²) < 4.78 is 9.95. The summed E-state index contributed by atoms with van der Waals surface area (Å²) >= 11 is 1.51. The standard InChI is InChI=1S/C16H16N6O3S/c1-9-12(26-13(18-9)11-6-5-7-17-8-11)10(2)22-25-16-20-14(23-3)19-15(21-16)24-4/h5-8H,1-4H3/b22-10+. The van der Waals surface area contributed by atoms with Crippen molar-refractivity contribution >= 4 is 17.0 Å². The van der Waals surface area contributed by atoms with Crippen LogP contribution in [0.2, 0.25) is 0 Å². The first-order chi connectivity index (χ1) is 12.6. The Morgan fingerprint density at radius 1 is 1.04 bits per heavy atom. The molecule has 0 aromatic carbocycles. The third kappa shape index (κ3) is 3.91. The molecule has 26 heavy (non-hydrogen) atoms. The topological polar surface area (TPSA) is 104 Å². The summed E-state index contributed by atoms with van der Waals surface area (Å²) in [5.74, 6) is 0. The molecule has 10 heteroatoms. The van der Waals surface area contributed by atoms with Crippen LogP contribution in [-0.2, 0) is 0 Å². The van der Waals surface area contributed by atoms with E-state index < -0.39 is 0 Å². The summed E-state index contributed by atoms with van der Waals surface area (Å²) in [6.07, 6.45) is 3.50. The number of hydrogen-bond donors (Lipinski definition) is 0. The Balaban J connectivity index is 1.83. The second-order valence-electron chi connectivity index (χ2n) is 5.03. The molecule has 9 nitrogen and oxygen atoms in total. The molecule has 3 heterocycles. The van der Waals surface area contributed by atoms with Gasteiger partial charge in [-0.15, -0.1) is 26.3 Å². The number of oxime groups is 1. The van der Waals surface area contributed by atoms with Gasteiger partial charge in [-0.3, -0.25) is 4.98 Å². The van der Waals surface area contributed by atoms with Crippen LogP contribution in [0.5, 0.6) is 18.0 Å². The molecule has 3 aromatic heterocycles. The maximum atomic E-state index is 5.31. The highest BCUT2D eigenvalue weighted by molar-refractivity contribution is 7.17. The van der Waals surface area contributed by atoms with E-state index in [-0.39, 0.29) is 18.0 Å². The van der Waals surface area contributed by atoms with Gasteiger partial charge >= 0.3 is 18.0 Å². The quantitative estimate of drug-likeness (QED) is 0.480. The molecule has 0 spiro atoms. The van der Waals surface area contributed by atoms with Gasteiger partial charge in [0.15, 0.2) is 0 Å². The van der Waals surface area contributed by atoms with Gasteiger partial charge < -0.3 is 14.3 Å². The van der Waals surface area contributed by atoms with Crippen LogP contribution < -0.4 is 14.3 Å². The molecule has 0 N–H and O–H groups in total. The SMILES string of the molecule is COc1nc(OC)nc(O/N=C(\C)c2sc(-c3cccnc3)nc2C)n1. The van der Waals surface area contributed by atoms with Crippen LogP contribution in [0, 0.1) is 6.92 Å². The molecular weight excluding hydrogens is 356 g/mol. The van der Waals surface area contributed by atoms with Crippen molar-refractivity contribution in [3.05, 3.63) is 35.1 Å². The first kappa shape index (κ1) is 17.7. The summed E-state index contributed by atoms with van der Waals surface area (Å²) in [7, 11) is 2.88. The van der Waals surface area contributed by atoms with Crippen molar-refractivity contribution < 1.29 is 14.3 Å². The second-order valence-corrected chi connectivity index (χ2v) is 6.03. The number of nitrogens with zero attached hydrogens (tertiary/aromatic N) is 6. The average molecular weight is 372 g/mol. The predicted molar refractivity (Wildman–Crippen MR) is 95.9 cm³/mol. The number of pyridine rings is 1. The zero-order chi connectivity index (χ0) is 18.5. The third-order valence-electron chi connectivity index (χ3n) is 3.24. The van der Waals surface area contributed by atoms with E-state index in [1.54, 1.807) is 12.4 Å². The Bertz CT molecular complexity index is 907. The van der Waals surface area contributed by atoms with Crippen molar-refractivity contribution in [2.45, 2.75) is 13.8 Å². The van der Waals surface area contributed by atoms with E-state index in [1.165, 1.54) is 25.6 Å². The number of thiazole rings is 1. The first-order valence-electron chi connectivity index (χ1n) is 7.54. The normalized spacial score (nSPS) is 11.3. The fraction of sp³-hybridized carbons (Fsp3) is 0.250. The number of aryl methyl sites for hydroxylation is 1. The van der Waals surface area contributed by atoms with E-state index in [1.807, 2.05) is 26.0 Å². The van der Waals surface area contributed by atoms with Crippen LogP contribution >= 0.6 is 11.3 Å². The van der Waals surface area contributed by atoms with Gasteiger partial charge in [0, 0.05) is 18.0 Å². The van der Waals surface area contributed by atoms with Crippen molar-refractivity contribution in [1.29, 1.82) is 0 Å². The number of methoxy groups -OCH3 is 2. The molecule has 0 saturated heterocycles. The molecule has 0 radical (unpaired) electrons. The van der Waals surface area contributed by atoms with Crippen molar-refractivity contribution in [1.82, 2.24) is 24.9 Å². The predicted octanol–water partition coefficient (Wildman–Crippen LogP) is 2.52. The average Bonchev–Trinajstić information content (AvgIpc) is 3.08. The van der Waals surface area contributed by atoms with Crippen molar-refractivity contribution in [2.24, 2.45) is 5.16 Å². The number of aromatic nitrogens is 5. The smallest absolute Gasteiger partial charge is 0.354 e. The van der Waals surface area contributed by atoms with Crippen LogP contribution in [0.3, 0.4) is 0 Å². The Hall–Kier alpha value is -3.14. The first-order valence-corrected chi connectivity index (χ1v) is 8.36. The van der Waals surface area contributed by atoms with E-state index in [0.717, 1.165) is 21.1 Å². The van der Waals surface area contributed by atoms with Crippen LogP contribution in [0.15, 0.2) is 29.7 Å². The van der Waals surface area contributed by atoms with Gasteiger partial charge in [-0.1, -0.05) is 5.16 Å². The van der Waals surface area contributed by atoms with E-state index in [2.05, 4.69) is 30.1 Å². The van der Waals surface area contributed by atoms with E-state index in [9.17, 15) is 0 Å². The van der Waals surface area contributed by atoms with Crippen molar-refractivity contribution in [3.63, 3.8) is 0 Å². The lowest BCUT2D eigenvalue weighted by atomic mass is 10.3. The van der Waals surface area contributed by atoms with Crippen molar-refractivity contribution in [2.75, 3.05) is 14.2 Å². The van der Waals surface area contributed by atoms with E-state index >= 15 is 0 Å². The van der Waals surface area contributed by atoms with Crippen LogP contribution in [-0.4, -0.2) is 44.9 Å². The molecule has 3 aromatic rings. The second kappa shape index (κ2) is 7.83. The summed E-state index contributed by atoms with van der Waals surface area (Å²) in [4.78, 5) is 26.7. The summed E-state index contributed by atoms with van der Waals surface area (Å²) in [5, 5.41) is 4.96. The van der Waals surface area contributed by atoms with Crippen LogP contribution in [0.1, 0.15) is 17.5 Å². The minimum Gasteiger partial charge on any atom is -0.467 e. The Morgan fingerprint density at radius 2 is 1.73 bits per heavy atom. The summed E-state index contributed by atoms with van der Waals surface area (Å²) in [6, 6.07) is 3.96. The Labute approximate surface area is 153 Å². The molecule has 0 aliphatic rings. The molecule has 0 aliphatic heterocycles. The highest BCUT2D eigenvalue weighted by Crippen LogP contribution is 2.28. The maximum absolute atomic E-state index is 5.31. The van der Waals surface area contributed by atoms with Crippen molar-refractivity contribution in [3.8, 4) is 28.6 Å². The molecule has 3 rings (SSSR count). The largest absolute Gasteiger partial charge is 0.467 e. The summed E-state index contributed by atoms with van der Waals surface area (Å²) in [6.45, 7) is 3.74. The minimum atomic E-state index is -0.0253. The molecule has 0 bridgehead atoms. The molecule has 0 saturated carbocycles. The Kier molecular flexibility index (Phi) is 5.32. The maximum Gasteiger partial charge on any atom is 0.354 e. The monoisotopic (exact) mass is 372 g/mol. The molecule has 134 valence electrons. The lowest BCUT2D eigenvalue weighted by Gasteiger charge is -2.03. The molecule has 0 fully saturated rings. The molecule has 0 atom stereocenters. The third-order valence-corrected chi connectivity index (χ3v) is 4.55. The Morgan fingerprint density at radius 3 is 2.35 bits per heavy atom. The number of hydrogen-bond acceptors (Lipinski definition) is 10. The van der Waals surface area contributed by atoms with Gasteiger partial charge in [0.2, 0.25) is 0 Å². The van der Waals surface area contributed by atoms with Gasteiger partial charge in [0.25, 0.3) is 0 Å². The fourth-order valence-electron chi connectivity index (χ4n) is 2.04. The molecular formula is C16H16N6O3S. The highest BCUT2D eigenvalue weighted by atomic mass is 32.1. The fourth-order valence-corrected chi connectivity index (χ4v) is 3.03. The number of ether oxygens (including phenoxy) is 2. The highest BCUT2D eigenvalue weighted by Gasteiger charge is 2.13. The van der Waals surface area contributed by atoms with Gasteiger partial charge in [-0.2, -0.15) is 0 Å². The minimum absolute atomic E-state index is 0.0253. The van der Waals surface area contributed by atoms with Gasteiger partial charge in [-0.25, -0.2) is 4.98 Å². The molecule has 0 amide bonds. The lowest BCUT2D eigenvalue weighted by Crippen LogP contribution is -2.03. The van der Waals surface area contributed by atoms with Gasteiger partial charge in [0.1, 0.15) is 5.01 Å². The molecule has 0 aliphatic carbocycles. The lowest BCUT2D eigenvalue weighted by molar-refractivity contribution is 0.278. The zero-order valence-corrected chi connectivity index (χ0v) is 15.4. The van der Waals surface area contributed by atoms with Crippen LogP contribution in [0.25, 0.3) is 10.6 Å². The van der Waals surface area contributed by atoms with E-state index in [0.29, 0.717) is 5.71 Å². The summed E-state index contributed by atoms with van der Waals surface area (Å²) in [5.41, 5.74) is 2.45. The zero-order valence-electron chi connectivity index (χ0n) is 14.6. The van der Waals surface area contributed by atoms with Crippen LogP contribution in [0.4, 0.5) is 0 Å². The van der Waals surface area contributed by atoms with Gasteiger partial charge in [0.05, 0.1) is 30.5 Å². The van der Waals surface area contributed by atoms with Gasteiger partial charge in [-0.05, 0) is 26.0 Å². The number of rotatable bonds is 6. The van der Waals surface area contributed by atoms with E-state index in [4.69, 9.17) is 14.3 Å². The molecule has 0 unspecified atom stereocenters.